The summed E-state index contributed by atoms with van der Waals surface area (Å²) in [5, 5.41) is 13.9. The first-order valence-electron chi connectivity index (χ1n) is 6.35. The molecule has 0 heterocycles. The number of hydrogen-bond acceptors (Lipinski definition) is 3. The van der Waals surface area contributed by atoms with Gasteiger partial charge in [0.15, 0.2) is 0 Å². The van der Waals surface area contributed by atoms with Crippen molar-refractivity contribution in [3.8, 4) is 11.1 Å². The minimum Gasteiger partial charge on any atom is -0.313 e. The molecule has 0 bridgehead atoms. The number of nitro benzene ring substituents is 1. The molecule has 0 spiro atoms. The Morgan fingerprint density at radius 1 is 1.25 bits per heavy atom. The number of nitro groups is 1. The lowest BCUT2D eigenvalue weighted by atomic mass is 10.0. The minimum atomic E-state index is -0.485. The van der Waals surface area contributed by atoms with Gasteiger partial charge in [-0.15, -0.1) is 0 Å². The molecule has 2 rings (SSSR count). The molecule has 2 aromatic carbocycles. The van der Waals surface area contributed by atoms with E-state index in [1.165, 1.54) is 18.2 Å². The van der Waals surface area contributed by atoms with Crippen LogP contribution >= 0.6 is 0 Å². The van der Waals surface area contributed by atoms with Crippen molar-refractivity contribution < 1.29 is 9.31 Å². The van der Waals surface area contributed by atoms with Crippen LogP contribution in [0.1, 0.15) is 12.5 Å². The van der Waals surface area contributed by atoms with Gasteiger partial charge in [-0.3, -0.25) is 10.1 Å². The van der Waals surface area contributed by atoms with Gasteiger partial charge in [-0.2, -0.15) is 0 Å². The van der Waals surface area contributed by atoms with Crippen LogP contribution in [0.5, 0.6) is 0 Å². The molecule has 0 saturated heterocycles. The van der Waals surface area contributed by atoms with E-state index >= 15 is 0 Å². The molecule has 20 heavy (non-hydrogen) atoms. The monoisotopic (exact) mass is 274 g/mol. The first-order chi connectivity index (χ1) is 9.61. The van der Waals surface area contributed by atoms with Gasteiger partial charge in [-0.05, 0) is 23.7 Å². The number of hydrogen-bond donors (Lipinski definition) is 1. The highest BCUT2D eigenvalue weighted by atomic mass is 19.1. The lowest BCUT2D eigenvalue weighted by Gasteiger charge is -2.07. The molecule has 0 radical (unpaired) electrons. The third-order valence-electron chi connectivity index (χ3n) is 2.98. The van der Waals surface area contributed by atoms with Crippen molar-refractivity contribution in [2.45, 2.75) is 13.5 Å². The van der Waals surface area contributed by atoms with Crippen LogP contribution in [0.2, 0.25) is 0 Å². The van der Waals surface area contributed by atoms with E-state index in [-0.39, 0.29) is 11.5 Å². The molecule has 0 atom stereocenters. The fourth-order valence-electron chi connectivity index (χ4n) is 1.96. The van der Waals surface area contributed by atoms with Crippen LogP contribution in [0.3, 0.4) is 0 Å². The standard InChI is InChI=1S/C15H15FN2O2/c1-2-17-10-11-6-7-14(15(16)8-11)12-4-3-5-13(9-12)18(19)20/h3-9,17H,2,10H2,1H3. The smallest absolute Gasteiger partial charge is 0.270 e. The number of non-ortho nitro benzene ring substituents is 1. The minimum absolute atomic E-state index is 0.0429. The third kappa shape index (κ3) is 3.19. The molecule has 0 amide bonds. The zero-order valence-corrected chi connectivity index (χ0v) is 11.1. The molecule has 1 N–H and O–H groups in total. The second kappa shape index (κ2) is 6.25. The summed E-state index contributed by atoms with van der Waals surface area (Å²) in [5.74, 6) is -0.374. The summed E-state index contributed by atoms with van der Waals surface area (Å²) in [5.41, 5.74) is 1.68. The number of nitrogens with zero attached hydrogens (tertiary/aromatic N) is 1. The Labute approximate surface area is 116 Å². The largest absolute Gasteiger partial charge is 0.313 e. The maximum atomic E-state index is 14.1. The van der Waals surface area contributed by atoms with Crippen LogP contribution in [0, 0.1) is 15.9 Å². The first kappa shape index (κ1) is 14.1. The lowest BCUT2D eigenvalue weighted by molar-refractivity contribution is -0.384. The van der Waals surface area contributed by atoms with Gasteiger partial charge in [-0.1, -0.05) is 31.2 Å². The molecule has 0 unspecified atom stereocenters. The van der Waals surface area contributed by atoms with Crippen LogP contribution < -0.4 is 5.32 Å². The quantitative estimate of drug-likeness (QED) is 0.670. The second-order valence-electron chi connectivity index (χ2n) is 4.40. The van der Waals surface area contributed by atoms with E-state index in [9.17, 15) is 14.5 Å². The molecule has 2 aromatic rings. The summed E-state index contributed by atoms with van der Waals surface area (Å²) in [6, 6.07) is 10.9. The number of rotatable bonds is 5. The zero-order chi connectivity index (χ0) is 14.5. The lowest BCUT2D eigenvalue weighted by Crippen LogP contribution is -2.11. The van der Waals surface area contributed by atoms with Gasteiger partial charge in [0.25, 0.3) is 5.69 Å². The Kier molecular flexibility index (Phi) is 4.42. The molecule has 0 saturated carbocycles. The highest BCUT2D eigenvalue weighted by Gasteiger charge is 2.10. The molecule has 104 valence electrons. The van der Waals surface area contributed by atoms with E-state index in [1.54, 1.807) is 18.2 Å². The van der Waals surface area contributed by atoms with Crippen molar-refractivity contribution in [2.24, 2.45) is 0 Å². The van der Waals surface area contributed by atoms with Gasteiger partial charge < -0.3 is 5.32 Å². The number of nitrogens with one attached hydrogen (secondary N) is 1. The fourth-order valence-corrected chi connectivity index (χ4v) is 1.96. The SMILES string of the molecule is CCNCc1ccc(-c2cccc([N+](=O)[O-])c2)c(F)c1. The van der Waals surface area contributed by atoms with Crippen LogP contribution in [0.15, 0.2) is 42.5 Å². The van der Waals surface area contributed by atoms with Crippen molar-refractivity contribution in [1.82, 2.24) is 5.32 Å². The molecular formula is C15H15FN2O2. The highest BCUT2D eigenvalue weighted by Crippen LogP contribution is 2.26. The van der Waals surface area contributed by atoms with Crippen molar-refractivity contribution in [3.05, 3.63) is 64.0 Å². The third-order valence-corrected chi connectivity index (χ3v) is 2.98. The summed E-state index contributed by atoms with van der Waals surface area (Å²) in [6.45, 7) is 3.39. The van der Waals surface area contributed by atoms with Crippen LogP contribution in [-0.4, -0.2) is 11.5 Å². The molecule has 0 aliphatic heterocycles. The van der Waals surface area contributed by atoms with Gasteiger partial charge in [0.05, 0.1) is 4.92 Å². The summed E-state index contributed by atoms with van der Waals surface area (Å²) < 4.78 is 14.1. The molecular weight excluding hydrogens is 259 g/mol. The Bertz CT molecular complexity index is 629. The van der Waals surface area contributed by atoms with Gasteiger partial charge in [0.1, 0.15) is 5.82 Å². The second-order valence-corrected chi connectivity index (χ2v) is 4.40. The first-order valence-corrected chi connectivity index (χ1v) is 6.35. The van der Waals surface area contributed by atoms with Crippen LogP contribution in [0.4, 0.5) is 10.1 Å². The number of halogens is 1. The molecule has 5 heteroatoms. The summed E-state index contributed by atoms with van der Waals surface area (Å²) in [7, 11) is 0. The summed E-state index contributed by atoms with van der Waals surface area (Å²) in [4.78, 5) is 10.3. The molecule has 4 nitrogen and oxygen atoms in total. The zero-order valence-electron chi connectivity index (χ0n) is 11.1. The van der Waals surface area contributed by atoms with Crippen molar-refractivity contribution in [2.75, 3.05) is 6.54 Å². The van der Waals surface area contributed by atoms with Gasteiger partial charge in [0.2, 0.25) is 0 Å². The normalized spacial score (nSPS) is 10.5. The average Bonchev–Trinajstić information content (AvgIpc) is 2.45. The Morgan fingerprint density at radius 3 is 2.70 bits per heavy atom. The summed E-state index contributed by atoms with van der Waals surface area (Å²) >= 11 is 0. The van der Waals surface area contributed by atoms with Crippen LogP contribution in [-0.2, 0) is 6.54 Å². The van der Waals surface area contributed by atoms with E-state index < -0.39 is 4.92 Å². The topological polar surface area (TPSA) is 55.2 Å². The maximum Gasteiger partial charge on any atom is 0.270 e. The van der Waals surface area contributed by atoms with Gasteiger partial charge in [-0.25, -0.2) is 4.39 Å². The Balaban J connectivity index is 2.33. The molecule has 0 aromatic heterocycles. The van der Waals surface area contributed by atoms with Crippen molar-refractivity contribution in [3.63, 3.8) is 0 Å². The van der Waals surface area contributed by atoms with Crippen molar-refractivity contribution in [1.29, 1.82) is 0 Å². The molecule has 0 aliphatic rings. The van der Waals surface area contributed by atoms with E-state index in [2.05, 4.69) is 5.32 Å². The fraction of sp³-hybridized carbons (Fsp3) is 0.200. The van der Waals surface area contributed by atoms with Crippen LogP contribution in [0.25, 0.3) is 11.1 Å². The molecule has 0 fully saturated rings. The van der Waals surface area contributed by atoms with Crippen molar-refractivity contribution >= 4 is 5.69 Å². The number of benzene rings is 2. The predicted octanol–water partition coefficient (Wildman–Crippen LogP) is 3.51. The van der Waals surface area contributed by atoms with E-state index in [4.69, 9.17) is 0 Å². The Hall–Kier alpha value is -2.27. The van der Waals surface area contributed by atoms with Gasteiger partial charge in [0, 0.05) is 24.2 Å². The summed E-state index contributed by atoms with van der Waals surface area (Å²) in [6.07, 6.45) is 0. The van der Waals surface area contributed by atoms with E-state index in [0.717, 1.165) is 12.1 Å². The van der Waals surface area contributed by atoms with E-state index in [0.29, 0.717) is 17.7 Å². The predicted molar refractivity (Wildman–Crippen MR) is 75.9 cm³/mol. The maximum absolute atomic E-state index is 14.1. The van der Waals surface area contributed by atoms with E-state index in [1.807, 2.05) is 13.0 Å². The van der Waals surface area contributed by atoms with Gasteiger partial charge >= 0.3 is 0 Å². The molecule has 0 aliphatic carbocycles. The highest BCUT2D eigenvalue weighted by molar-refractivity contribution is 5.67. The average molecular weight is 274 g/mol. The Morgan fingerprint density at radius 2 is 2.05 bits per heavy atom.